The Morgan fingerprint density at radius 1 is 1.30 bits per heavy atom. The number of thiophene rings is 1. The van der Waals surface area contributed by atoms with Crippen molar-refractivity contribution in [1.82, 2.24) is 20.1 Å². The van der Waals surface area contributed by atoms with E-state index in [-0.39, 0.29) is 11.9 Å². The number of benzene rings is 1. The molecule has 2 aliphatic rings. The highest BCUT2D eigenvalue weighted by Gasteiger charge is 2.35. The number of carbonyl (C=O) groups is 1. The summed E-state index contributed by atoms with van der Waals surface area (Å²) < 4.78 is 13.6. The van der Waals surface area contributed by atoms with Gasteiger partial charge in [-0.05, 0) is 67.0 Å². The number of hydrogen-bond acceptors (Lipinski definition) is 6. The Morgan fingerprint density at radius 2 is 2.10 bits per heavy atom. The molecule has 3 heterocycles. The zero-order chi connectivity index (χ0) is 20.7. The average molecular weight is 443 g/mol. The summed E-state index contributed by atoms with van der Waals surface area (Å²) in [5, 5.41) is 12.4. The van der Waals surface area contributed by atoms with Crippen LogP contribution >= 0.6 is 23.6 Å². The molecule has 0 spiro atoms. The fourth-order valence-electron chi connectivity index (χ4n) is 3.79. The van der Waals surface area contributed by atoms with Gasteiger partial charge in [0, 0.05) is 0 Å². The van der Waals surface area contributed by atoms with Crippen LogP contribution in [0.15, 0.2) is 35.7 Å². The Labute approximate surface area is 183 Å². The Bertz CT molecular complexity index is 1120. The van der Waals surface area contributed by atoms with E-state index in [9.17, 15) is 4.79 Å². The third kappa shape index (κ3) is 3.63. The summed E-state index contributed by atoms with van der Waals surface area (Å²) in [4.78, 5) is 14.2. The smallest absolute Gasteiger partial charge is 0.243 e. The molecule has 1 aliphatic carbocycles. The van der Waals surface area contributed by atoms with Crippen molar-refractivity contribution in [2.45, 2.75) is 31.8 Å². The predicted octanol–water partition coefficient (Wildman–Crippen LogP) is 4.27. The van der Waals surface area contributed by atoms with Gasteiger partial charge in [-0.2, -0.15) is 5.10 Å². The molecule has 156 valence electrons. The molecule has 2 unspecified atom stereocenters. The molecule has 1 amide bonds. The lowest BCUT2D eigenvalue weighted by molar-refractivity contribution is -0.124. The number of fused-ring (bicyclic) bond motifs is 1. The Morgan fingerprint density at radius 3 is 2.83 bits per heavy atom. The number of ether oxygens (including phenoxy) is 2. The topological polar surface area (TPSA) is 81.2 Å². The molecule has 1 aromatic carbocycles. The van der Waals surface area contributed by atoms with Crippen molar-refractivity contribution in [3.8, 4) is 22.2 Å². The summed E-state index contributed by atoms with van der Waals surface area (Å²) in [6.45, 7) is 2.95. The van der Waals surface area contributed by atoms with Gasteiger partial charge in [0.1, 0.15) is 19.3 Å². The molecule has 30 heavy (non-hydrogen) atoms. The number of H-pyrrole nitrogens is 1. The van der Waals surface area contributed by atoms with Gasteiger partial charge in [-0.25, -0.2) is 0 Å². The fourth-order valence-corrected chi connectivity index (χ4v) is 4.79. The molecule has 1 saturated carbocycles. The van der Waals surface area contributed by atoms with E-state index >= 15 is 0 Å². The van der Waals surface area contributed by atoms with Crippen molar-refractivity contribution in [1.29, 1.82) is 0 Å². The van der Waals surface area contributed by atoms with Crippen molar-refractivity contribution < 1.29 is 14.3 Å². The second-order valence-electron chi connectivity index (χ2n) is 7.60. The molecule has 1 aliphatic heterocycles. The molecule has 0 saturated heterocycles. The highest BCUT2D eigenvalue weighted by molar-refractivity contribution is 7.71. The van der Waals surface area contributed by atoms with Crippen LogP contribution in [0.1, 0.15) is 37.4 Å². The summed E-state index contributed by atoms with van der Waals surface area (Å²) in [5.41, 5.74) is 1.04. The maximum absolute atomic E-state index is 13.2. The highest BCUT2D eigenvalue weighted by atomic mass is 32.1. The van der Waals surface area contributed by atoms with Crippen molar-refractivity contribution in [2.75, 3.05) is 13.2 Å². The van der Waals surface area contributed by atoms with Gasteiger partial charge in [0.05, 0.1) is 10.9 Å². The molecular formula is C21H22N4O3S2. The molecule has 2 atom stereocenters. The van der Waals surface area contributed by atoms with Crippen molar-refractivity contribution in [2.24, 2.45) is 5.92 Å². The number of amides is 1. The average Bonchev–Trinajstić information content (AvgIpc) is 3.31. The summed E-state index contributed by atoms with van der Waals surface area (Å²) >= 11 is 6.98. The molecule has 1 fully saturated rings. The largest absolute Gasteiger partial charge is 0.486 e. The minimum atomic E-state index is -0.494. The summed E-state index contributed by atoms with van der Waals surface area (Å²) in [5.74, 6) is 2.52. The second-order valence-corrected chi connectivity index (χ2v) is 8.94. The van der Waals surface area contributed by atoms with Gasteiger partial charge in [-0.15, -0.1) is 11.3 Å². The van der Waals surface area contributed by atoms with Gasteiger partial charge in [0.15, 0.2) is 22.1 Å². The number of nitrogens with one attached hydrogen (secondary N) is 2. The first-order valence-corrected chi connectivity index (χ1v) is 11.3. The van der Waals surface area contributed by atoms with Crippen molar-refractivity contribution >= 4 is 29.5 Å². The van der Waals surface area contributed by atoms with Crippen LogP contribution in [0.3, 0.4) is 0 Å². The van der Waals surface area contributed by atoms with Crippen LogP contribution in [-0.4, -0.2) is 33.9 Å². The molecule has 5 rings (SSSR count). The van der Waals surface area contributed by atoms with E-state index in [4.69, 9.17) is 21.7 Å². The molecule has 0 bridgehead atoms. The number of aromatic amines is 1. The van der Waals surface area contributed by atoms with Gasteiger partial charge in [-0.3, -0.25) is 14.5 Å². The minimum absolute atomic E-state index is 0.0676. The van der Waals surface area contributed by atoms with E-state index in [0.29, 0.717) is 29.7 Å². The van der Waals surface area contributed by atoms with E-state index in [0.717, 1.165) is 34.8 Å². The molecule has 9 heteroatoms. The van der Waals surface area contributed by atoms with Crippen LogP contribution in [0.5, 0.6) is 11.5 Å². The molecule has 7 nitrogen and oxygen atoms in total. The third-order valence-corrected chi connectivity index (χ3v) is 6.68. The quantitative estimate of drug-likeness (QED) is 0.557. The van der Waals surface area contributed by atoms with E-state index in [1.807, 2.05) is 42.6 Å². The van der Waals surface area contributed by atoms with Crippen molar-refractivity contribution in [3.63, 3.8) is 0 Å². The number of carbonyl (C=O) groups excluding carboxylic acids is 1. The van der Waals surface area contributed by atoms with Crippen molar-refractivity contribution in [3.05, 3.63) is 46.0 Å². The third-order valence-electron chi connectivity index (χ3n) is 5.53. The molecular weight excluding hydrogens is 420 g/mol. The van der Waals surface area contributed by atoms with Crippen LogP contribution < -0.4 is 14.8 Å². The molecule has 3 aromatic rings. The van der Waals surface area contributed by atoms with Gasteiger partial charge >= 0.3 is 0 Å². The Hall–Kier alpha value is -2.65. The minimum Gasteiger partial charge on any atom is -0.486 e. The van der Waals surface area contributed by atoms with Gasteiger partial charge in [-0.1, -0.05) is 12.1 Å². The molecule has 2 aromatic heterocycles. The lowest BCUT2D eigenvalue weighted by Crippen LogP contribution is -2.35. The van der Waals surface area contributed by atoms with E-state index in [2.05, 4.69) is 15.5 Å². The van der Waals surface area contributed by atoms with Crippen LogP contribution in [0.25, 0.3) is 10.7 Å². The lowest BCUT2D eigenvalue weighted by Gasteiger charge is -2.24. The van der Waals surface area contributed by atoms with Gasteiger partial charge < -0.3 is 14.8 Å². The standard InChI is InChI=1S/C21H22N4O3S2/c1-12(25-19(23-24-21(25)29)17-3-2-10-30-17)20(26)22-18(13-4-5-13)14-6-7-15-16(11-14)28-9-8-27-15/h2-3,6-7,10-13,18H,4-5,8-9H2,1H3,(H,22,26)(H,24,29). The fraction of sp³-hybridized carbons (Fsp3) is 0.381. The number of hydrogen-bond donors (Lipinski definition) is 2. The highest BCUT2D eigenvalue weighted by Crippen LogP contribution is 2.43. The Kier molecular flexibility index (Phi) is 5.08. The Balaban J connectivity index is 1.40. The number of nitrogens with zero attached hydrogens (tertiary/aromatic N) is 2. The number of rotatable bonds is 6. The SMILES string of the molecule is CC(C(=O)NC(c1ccc2c(c1)OCCO2)C1CC1)n1c(-c2cccs2)n[nH]c1=S. The molecule has 2 N–H and O–H groups in total. The zero-order valence-electron chi connectivity index (χ0n) is 16.5. The van der Waals surface area contributed by atoms with Crippen LogP contribution in [0.4, 0.5) is 0 Å². The summed E-state index contributed by atoms with van der Waals surface area (Å²) in [6.07, 6.45) is 2.19. The normalized spacial score (nSPS) is 17.4. The van der Waals surface area contributed by atoms with Gasteiger partial charge in [0.2, 0.25) is 5.91 Å². The maximum Gasteiger partial charge on any atom is 0.243 e. The molecule has 0 radical (unpaired) electrons. The summed E-state index contributed by atoms with van der Waals surface area (Å²) in [6, 6.07) is 9.30. The first kappa shape index (κ1) is 19.3. The zero-order valence-corrected chi connectivity index (χ0v) is 18.1. The van der Waals surface area contributed by atoms with Crippen LogP contribution in [0, 0.1) is 10.7 Å². The van der Waals surface area contributed by atoms with Crippen LogP contribution in [0.2, 0.25) is 0 Å². The first-order valence-electron chi connectivity index (χ1n) is 10.0. The van der Waals surface area contributed by atoms with E-state index in [1.165, 1.54) is 0 Å². The second kappa shape index (κ2) is 7.88. The summed E-state index contributed by atoms with van der Waals surface area (Å²) in [7, 11) is 0. The van der Waals surface area contributed by atoms with E-state index < -0.39 is 6.04 Å². The monoisotopic (exact) mass is 442 g/mol. The predicted molar refractivity (Wildman–Crippen MR) is 116 cm³/mol. The maximum atomic E-state index is 13.2. The number of aromatic nitrogens is 3. The van der Waals surface area contributed by atoms with Crippen LogP contribution in [-0.2, 0) is 4.79 Å². The first-order chi connectivity index (χ1) is 14.6. The van der Waals surface area contributed by atoms with E-state index in [1.54, 1.807) is 15.9 Å². The van der Waals surface area contributed by atoms with Gasteiger partial charge in [0.25, 0.3) is 0 Å². The lowest BCUT2D eigenvalue weighted by atomic mass is 10.0.